The summed E-state index contributed by atoms with van der Waals surface area (Å²) in [5.74, 6) is 3.18. The third kappa shape index (κ3) is 9.78. The molecule has 2 aliphatic rings. The highest BCUT2D eigenvalue weighted by Crippen LogP contribution is 2.39. The molecule has 0 spiro atoms. The van der Waals surface area contributed by atoms with Crippen LogP contribution in [0.25, 0.3) is 0 Å². The molecular formula is C32H50N6O2S. The van der Waals surface area contributed by atoms with E-state index in [1.165, 1.54) is 49.2 Å². The lowest BCUT2D eigenvalue weighted by Gasteiger charge is -2.22. The zero-order valence-corrected chi connectivity index (χ0v) is 27.1. The Morgan fingerprint density at radius 2 is 1.78 bits per heavy atom. The molecule has 0 saturated carbocycles. The van der Waals surface area contributed by atoms with Crippen molar-refractivity contribution in [2.24, 2.45) is 15.9 Å². The Kier molecular flexibility index (Phi) is 14.8. The highest BCUT2D eigenvalue weighted by atomic mass is 32.1. The number of unbranched alkanes of at least 4 members (excludes halogenated alkanes) is 1. The molecule has 3 heterocycles. The molecule has 0 atom stereocenters. The molecule has 1 saturated heterocycles. The van der Waals surface area contributed by atoms with Gasteiger partial charge in [0, 0.05) is 30.0 Å². The molecule has 226 valence electrons. The zero-order chi connectivity index (χ0) is 30.4. The van der Waals surface area contributed by atoms with Gasteiger partial charge in [-0.25, -0.2) is 0 Å². The van der Waals surface area contributed by atoms with Crippen LogP contribution in [0.15, 0.2) is 34.3 Å². The van der Waals surface area contributed by atoms with Crippen molar-refractivity contribution in [2.45, 2.75) is 73.6 Å². The lowest BCUT2D eigenvalue weighted by Crippen LogP contribution is -2.35. The minimum atomic E-state index is 0.265. The third-order valence-corrected chi connectivity index (χ3v) is 8.46. The second kappa shape index (κ2) is 17.7. The number of amidine groups is 2. The first kappa shape index (κ1) is 34.2. The molecule has 0 aliphatic carbocycles. The van der Waals surface area contributed by atoms with Crippen molar-refractivity contribution < 1.29 is 9.47 Å². The number of nitrogens with zero attached hydrogens (tertiary/aromatic N) is 3. The Bertz CT molecular complexity index is 1180. The van der Waals surface area contributed by atoms with E-state index in [-0.39, 0.29) is 6.54 Å². The van der Waals surface area contributed by atoms with E-state index in [1.54, 1.807) is 44.2 Å². The molecule has 1 aromatic heterocycles. The fourth-order valence-electron chi connectivity index (χ4n) is 4.76. The quantitative estimate of drug-likeness (QED) is 0.182. The first-order valence-electron chi connectivity index (χ1n) is 14.8. The number of benzene rings is 1. The van der Waals surface area contributed by atoms with Crippen LogP contribution in [0.2, 0.25) is 0 Å². The highest BCUT2D eigenvalue weighted by molar-refractivity contribution is 7.17. The van der Waals surface area contributed by atoms with Crippen molar-refractivity contribution in [1.82, 2.24) is 5.32 Å². The molecule has 8 nitrogen and oxygen atoms in total. The molecule has 0 bridgehead atoms. The Labute approximate surface area is 251 Å². The van der Waals surface area contributed by atoms with Gasteiger partial charge in [0.2, 0.25) is 0 Å². The van der Waals surface area contributed by atoms with Gasteiger partial charge in [0.1, 0.15) is 22.4 Å². The highest BCUT2D eigenvalue weighted by Gasteiger charge is 2.29. The fourth-order valence-corrected chi connectivity index (χ4v) is 5.99. The molecule has 3 N–H and O–H groups in total. The summed E-state index contributed by atoms with van der Waals surface area (Å²) in [4.78, 5) is 11.4. The number of methoxy groups -OCH3 is 1. The summed E-state index contributed by atoms with van der Waals surface area (Å²) in [6.45, 7) is 15.1. The van der Waals surface area contributed by atoms with Crippen LogP contribution >= 0.6 is 11.3 Å². The maximum Gasteiger partial charge on any atom is 0.179 e. The molecule has 1 fully saturated rings. The molecule has 2 aliphatic heterocycles. The maximum atomic E-state index is 8.45. The van der Waals surface area contributed by atoms with Gasteiger partial charge in [-0.3, -0.25) is 25.7 Å². The summed E-state index contributed by atoms with van der Waals surface area (Å²) >= 11 is 1.63. The summed E-state index contributed by atoms with van der Waals surface area (Å²) in [5.41, 5.74) is 4.13. The molecule has 4 rings (SSSR count). The van der Waals surface area contributed by atoms with Gasteiger partial charge in [-0.2, -0.15) is 0 Å². The number of fused-ring (bicyclic) bond motifs is 1. The second-order valence-corrected chi connectivity index (χ2v) is 11.2. The second-order valence-electron chi connectivity index (χ2n) is 10.0. The smallest absolute Gasteiger partial charge is 0.179 e. The van der Waals surface area contributed by atoms with Crippen LogP contribution in [0.5, 0.6) is 5.75 Å². The van der Waals surface area contributed by atoms with Crippen LogP contribution in [-0.4, -0.2) is 63.7 Å². The van der Waals surface area contributed by atoms with E-state index in [1.807, 2.05) is 26.0 Å². The van der Waals surface area contributed by atoms with Gasteiger partial charge in [-0.15, -0.1) is 11.3 Å². The summed E-state index contributed by atoms with van der Waals surface area (Å²) in [7, 11) is 3.29. The number of rotatable bonds is 7. The molecular weight excluding hydrogens is 532 g/mol. The zero-order valence-electron chi connectivity index (χ0n) is 26.3. The van der Waals surface area contributed by atoms with Crippen LogP contribution in [0.1, 0.15) is 81.4 Å². The topological polar surface area (TPSA) is 106 Å². The van der Waals surface area contributed by atoms with Gasteiger partial charge >= 0.3 is 0 Å². The Hall–Kier alpha value is -3.04. The molecule has 0 amide bonds. The number of anilines is 1. The van der Waals surface area contributed by atoms with E-state index < -0.39 is 0 Å². The average molecular weight is 583 g/mol. The predicted molar refractivity (Wildman–Crippen MR) is 177 cm³/mol. The first-order valence-corrected chi connectivity index (χ1v) is 15.6. The van der Waals surface area contributed by atoms with Crippen molar-refractivity contribution in [3.8, 4) is 5.75 Å². The lowest BCUT2D eigenvalue weighted by atomic mass is 9.93. The van der Waals surface area contributed by atoms with Crippen molar-refractivity contribution in [1.29, 1.82) is 10.8 Å². The Balaban J connectivity index is 0.000000654. The number of hydrogen-bond donors (Lipinski definition) is 3. The van der Waals surface area contributed by atoms with Crippen molar-refractivity contribution in [3.05, 3.63) is 45.8 Å². The van der Waals surface area contributed by atoms with Crippen LogP contribution in [0.4, 0.5) is 5.00 Å². The van der Waals surface area contributed by atoms with Gasteiger partial charge in [0.05, 0.1) is 26.0 Å². The molecule has 0 radical (unpaired) electrons. The van der Waals surface area contributed by atoms with Crippen LogP contribution in [0.3, 0.4) is 0 Å². The van der Waals surface area contributed by atoms with Gasteiger partial charge in [0.25, 0.3) is 0 Å². The first-order chi connectivity index (χ1) is 19.8. The maximum absolute atomic E-state index is 8.45. The van der Waals surface area contributed by atoms with Crippen molar-refractivity contribution in [3.63, 3.8) is 0 Å². The predicted octanol–water partition coefficient (Wildman–Crippen LogP) is 7.25. The fraction of sp³-hybridized carbons (Fsp3) is 0.562. The molecule has 41 heavy (non-hydrogen) atoms. The summed E-state index contributed by atoms with van der Waals surface area (Å²) in [6.07, 6.45) is 6.26. The van der Waals surface area contributed by atoms with Gasteiger partial charge in [0.15, 0.2) is 5.90 Å². The van der Waals surface area contributed by atoms with Crippen LogP contribution in [0, 0.1) is 30.6 Å². The third-order valence-electron chi connectivity index (χ3n) is 7.27. The summed E-state index contributed by atoms with van der Waals surface area (Å²) < 4.78 is 10.7. The van der Waals surface area contributed by atoms with E-state index in [0.29, 0.717) is 11.7 Å². The molecule has 2 aromatic rings. The van der Waals surface area contributed by atoms with Crippen LogP contribution < -0.4 is 15.0 Å². The normalized spacial score (nSPS) is 15.4. The van der Waals surface area contributed by atoms with Gasteiger partial charge in [-0.1, -0.05) is 20.3 Å². The van der Waals surface area contributed by atoms with Crippen LogP contribution in [-0.2, 0) is 4.74 Å². The number of aryl methyl sites for hydroxylation is 1. The van der Waals surface area contributed by atoms with Gasteiger partial charge < -0.3 is 14.8 Å². The molecule has 0 unspecified atom stereocenters. The SMILES string of the molecule is CC.CC(=N)N1C(=N)CN=C(c2ccc(OCCCCC3CCNCC3)cc2)c2c1sc(C)c2C.CN=C(C)OC. The molecule has 9 heteroatoms. The summed E-state index contributed by atoms with van der Waals surface area (Å²) in [5, 5.41) is 21.0. The summed E-state index contributed by atoms with van der Waals surface area (Å²) in [6, 6.07) is 8.18. The monoisotopic (exact) mass is 582 g/mol. The number of aliphatic imine (C=N–C) groups is 2. The standard InChI is InChI=1S/C26H35N5OS.C4H9NO.C2H6/c1-17-18(2)33-26-24(17)25(30-16-23(28)31(26)19(3)27)21-7-9-22(10-8-21)32-15-5-4-6-20-11-13-29-14-12-20;1-4(5-2)6-3;1-2/h7-10,20,27-29H,4-6,11-16H2,1-3H3;1-3H3;1-2H3. The lowest BCUT2D eigenvalue weighted by molar-refractivity contribution is 0.287. The van der Waals surface area contributed by atoms with E-state index in [9.17, 15) is 0 Å². The molecule has 1 aromatic carbocycles. The van der Waals surface area contributed by atoms with E-state index in [2.05, 4.69) is 41.0 Å². The number of piperidine rings is 1. The minimum Gasteiger partial charge on any atom is -0.494 e. The number of thiophene rings is 1. The number of ether oxygens (including phenoxy) is 2. The largest absolute Gasteiger partial charge is 0.494 e. The number of hydrogen-bond acceptors (Lipinski definition) is 8. The van der Waals surface area contributed by atoms with E-state index in [4.69, 9.17) is 20.5 Å². The van der Waals surface area contributed by atoms with E-state index >= 15 is 0 Å². The Morgan fingerprint density at radius 3 is 2.34 bits per heavy atom. The van der Waals surface area contributed by atoms with E-state index in [0.717, 1.165) is 52.4 Å². The minimum absolute atomic E-state index is 0.265. The number of nitrogens with one attached hydrogen (secondary N) is 3. The van der Waals surface area contributed by atoms with Crippen molar-refractivity contribution >= 4 is 39.6 Å². The van der Waals surface area contributed by atoms with Gasteiger partial charge in [-0.05, 0) is 95.3 Å². The average Bonchev–Trinajstić information content (AvgIpc) is 3.18. The van der Waals surface area contributed by atoms with Crippen molar-refractivity contribution in [2.75, 3.05) is 45.3 Å². The Morgan fingerprint density at radius 1 is 1.12 bits per heavy atom.